The number of alkyl halides is 3. The summed E-state index contributed by atoms with van der Waals surface area (Å²) in [6.07, 6.45) is -0.735. The van der Waals surface area contributed by atoms with Crippen molar-refractivity contribution >= 4 is 5.97 Å². The number of fused-ring (bicyclic) bond motifs is 2. The van der Waals surface area contributed by atoms with Crippen LogP contribution in [0.15, 0.2) is 17.1 Å². The number of nitrogens with zero attached hydrogens (tertiary/aromatic N) is 3. The van der Waals surface area contributed by atoms with Gasteiger partial charge in [0.25, 0.3) is 5.56 Å². The van der Waals surface area contributed by atoms with Gasteiger partial charge >= 0.3 is 12.1 Å². The molecule has 2 fully saturated rings. The number of likely N-dealkylation sites (tertiary alicyclic amines) is 2. The van der Waals surface area contributed by atoms with Crippen molar-refractivity contribution in [3.63, 3.8) is 0 Å². The number of aromatic nitrogens is 1. The van der Waals surface area contributed by atoms with Gasteiger partial charge in [0.2, 0.25) is 0 Å². The van der Waals surface area contributed by atoms with Crippen LogP contribution < -0.4 is 5.56 Å². The number of esters is 1. The maximum Gasteiger partial charge on any atom is 0.416 e. The maximum atomic E-state index is 13.8. The number of rotatable bonds is 8. The van der Waals surface area contributed by atoms with Gasteiger partial charge in [-0.3, -0.25) is 4.79 Å². The lowest BCUT2D eigenvalue weighted by Crippen LogP contribution is -2.40. The summed E-state index contributed by atoms with van der Waals surface area (Å²) in [4.78, 5) is 29.8. The van der Waals surface area contributed by atoms with Gasteiger partial charge in [-0.15, -0.1) is 0 Å². The Balaban J connectivity index is 1.88. The number of hydrogen-bond acceptors (Lipinski definition) is 5. The van der Waals surface area contributed by atoms with Crippen LogP contribution in [0.2, 0.25) is 0 Å². The van der Waals surface area contributed by atoms with E-state index in [1.54, 1.807) is 6.92 Å². The molecule has 1 aromatic heterocycles. The topological polar surface area (TPSA) is 54.8 Å². The SMILES string of the molecule is CCOC(=O)C(CC(C)C)n1cc(CCN2CCC3CC(C2)N(C)C3)c(C(F)(F)F)cc1=O. The molecule has 1 aromatic rings. The lowest BCUT2D eigenvalue weighted by molar-refractivity contribution is -0.147. The average Bonchev–Trinajstić information content (AvgIpc) is 2.93. The largest absolute Gasteiger partial charge is 0.464 e. The highest BCUT2D eigenvalue weighted by Gasteiger charge is 2.37. The Labute approximate surface area is 193 Å². The van der Waals surface area contributed by atoms with E-state index in [0.29, 0.717) is 31.0 Å². The van der Waals surface area contributed by atoms with Gasteiger partial charge < -0.3 is 19.1 Å². The second-order valence-corrected chi connectivity index (χ2v) is 9.89. The number of carbonyl (C=O) groups excluding carboxylic acids is 1. The van der Waals surface area contributed by atoms with E-state index in [1.165, 1.54) is 6.20 Å². The van der Waals surface area contributed by atoms with Crippen molar-refractivity contribution in [2.75, 3.05) is 39.8 Å². The second-order valence-electron chi connectivity index (χ2n) is 9.89. The number of halogens is 3. The van der Waals surface area contributed by atoms with Gasteiger partial charge in [0.05, 0.1) is 12.2 Å². The molecular weight excluding hydrogens is 435 g/mol. The number of ether oxygens (including phenoxy) is 1. The quantitative estimate of drug-likeness (QED) is 0.543. The third-order valence-electron chi connectivity index (χ3n) is 6.85. The minimum absolute atomic E-state index is 0.0444. The molecule has 186 valence electrons. The molecule has 33 heavy (non-hydrogen) atoms. The van der Waals surface area contributed by atoms with Crippen LogP contribution in [0.4, 0.5) is 13.2 Å². The lowest BCUT2D eigenvalue weighted by atomic mass is 10.0. The maximum absolute atomic E-state index is 13.8. The van der Waals surface area contributed by atoms with Gasteiger partial charge in [-0.1, -0.05) is 13.8 Å². The van der Waals surface area contributed by atoms with E-state index >= 15 is 0 Å². The van der Waals surface area contributed by atoms with Gasteiger partial charge in [0.1, 0.15) is 6.04 Å². The first-order valence-corrected chi connectivity index (χ1v) is 11.9. The monoisotopic (exact) mass is 471 g/mol. The molecule has 0 aliphatic carbocycles. The van der Waals surface area contributed by atoms with Crippen molar-refractivity contribution in [2.45, 2.75) is 64.7 Å². The van der Waals surface area contributed by atoms with Crippen molar-refractivity contribution in [2.24, 2.45) is 11.8 Å². The van der Waals surface area contributed by atoms with E-state index in [-0.39, 0.29) is 24.5 Å². The van der Waals surface area contributed by atoms with Crippen molar-refractivity contribution in [3.8, 4) is 0 Å². The molecule has 3 atom stereocenters. The normalized spacial score (nSPS) is 23.0. The third-order valence-corrected chi connectivity index (χ3v) is 6.85. The summed E-state index contributed by atoms with van der Waals surface area (Å²) in [5.74, 6) is 0.117. The van der Waals surface area contributed by atoms with Crippen LogP contribution in [0.5, 0.6) is 0 Å². The highest BCUT2D eigenvalue weighted by Crippen LogP contribution is 2.33. The minimum atomic E-state index is -4.64. The molecule has 3 unspecified atom stereocenters. The van der Waals surface area contributed by atoms with Crippen molar-refractivity contribution in [1.82, 2.24) is 14.4 Å². The molecule has 0 radical (unpaired) electrons. The fourth-order valence-corrected chi connectivity index (χ4v) is 5.16. The Morgan fingerprint density at radius 2 is 2.00 bits per heavy atom. The molecule has 0 aromatic carbocycles. The van der Waals surface area contributed by atoms with Gasteiger partial charge in [-0.25, -0.2) is 4.79 Å². The Hall–Kier alpha value is -1.87. The molecule has 6 nitrogen and oxygen atoms in total. The molecule has 2 bridgehead atoms. The van der Waals surface area contributed by atoms with Crippen LogP contribution in [0.1, 0.15) is 57.2 Å². The molecule has 2 aliphatic heterocycles. The fourth-order valence-electron chi connectivity index (χ4n) is 5.16. The predicted octanol–water partition coefficient (Wildman–Crippen LogP) is 3.59. The van der Waals surface area contributed by atoms with Gasteiger partial charge in [0.15, 0.2) is 0 Å². The van der Waals surface area contributed by atoms with Crippen LogP contribution in [0, 0.1) is 11.8 Å². The van der Waals surface area contributed by atoms with E-state index < -0.39 is 29.3 Å². The highest BCUT2D eigenvalue weighted by molar-refractivity contribution is 5.74. The molecule has 0 spiro atoms. The Morgan fingerprint density at radius 3 is 2.64 bits per heavy atom. The van der Waals surface area contributed by atoms with Crippen molar-refractivity contribution < 1.29 is 22.7 Å². The van der Waals surface area contributed by atoms with E-state index in [9.17, 15) is 22.8 Å². The molecule has 2 aliphatic rings. The van der Waals surface area contributed by atoms with Gasteiger partial charge in [-0.05, 0) is 63.6 Å². The smallest absolute Gasteiger partial charge is 0.416 e. The second kappa shape index (κ2) is 10.6. The summed E-state index contributed by atoms with van der Waals surface area (Å²) in [6, 6.07) is 0.133. The molecular formula is C24H36F3N3O3. The van der Waals surface area contributed by atoms with Crippen LogP contribution >= 0.6 is 0 Å². The third kappa shape index (κ3) is 6.38. The predicted molar refractivity (Wildman–Crippen MR) is 120 cm³/mol. The van der Waals surface area contributed by atoms with Crippen molar-refractivity contribution in [3.05, 3.63) is 33.7 Å². The van der Waals surface area contributed by atoms with E-state index in [2.05, 4.69) is 16.8 Å². The summed E-state index contributed by atoms with van der Waals surface area (Å²) >= 11 is 0. The lowest BCUT2D eigenvalue weighted by Gasteiger charge is -2.29. The number of likely N-dealkylation sites (N-methyl/N-ethyl adjacent to an activating group) is 1. The summed E-state index contributed by atoms with van der Waals surface area (Å²) < 4.78 is 47.6. The van der Waals surface area contributed by atoms with E-state index in [0.717, 1.165) is 37.0 Å². The first-order chi connectivity index (χ1) is 15.5. The van der Waals surface area contributed by atoms with Crippen molar-refractivity contribution in [1.29, 1.82) is 0 Å². The molecule has 3 heterocycles. The zero-order valence-corrected chi connectivity index (χ0v) is 20.0. The Morgan fingerprint density at radius 1 is 1.27 bits per heavy atom. The summed E-state index contributed by atoms with van der Waals surface area (Å²) in [5.41, 5.74) is -1.70. The highest BCUT2D eigenvalue weighted by atomic mass is 19.4. The van der Waals surface area contributed by atoms with E-state index in [1.807, 2.05) is 13.8 Å². The molecule has 0 N–H and O–H groups in total. The van der Waals surface area contributed by atoms with Crippen LogP contribution in [-0.4, -0.2) is 66.2 Å². The number of pyridine rings is 1. The number of hydrogen-bond donors (Lipinski definition) is 0. The Kier molecular flexibility index (Phi) is 8.26. The first kappa shape index (κ1) is 25.7. The molecule has 0 saturated carbocycles. The number of carbonyl (C=O) groups is 1. The van der Waals surface area contributed by atoms with Crippen LogP contribution in [0.3, 0.4) is 0 Å². The summed E-state index contributed by atoms with van der Waals surface area (Å²) in [6.45, 7) is 8.87. The zero-order valence-electron chi connectivity index (χ0n) is 20.0. The molecule has 0 amide bonds. The molecule has 3 rings (SSSR count). The average molecular weight is 472 g/mol. The van der Waals surface area contributed by atoms with Gasteiger partial charge in [-0.2, -0.15) is 13.2 Å². The van der Waals surface area contributed by atoms with Gasteiger partial charge in [0, 0.05) is 37.9 Å². The molecule has 2 saturated heterocycles. The zero-order chi connectivity index (χ0) is 24.3. The molecule has 9 heteroatoms. The van der Waals surface area contributed by atoms with Crippen LogP contribution in [0.25, 0.3) is 0 Å². The fraction of sp³-hybridized carbons (Fsp3) is 0.750. The van der Waals surface area contributed by atoms with E-state index in [4.69, 9.17) is 4.74 Å². The first-order valence-electron chi connectivity index (χ1n) is 11.9. The summed E-state index contributed by atoms with van der Waals surface area (Å²) in [5, 5.41) is 0. The van der Waals surface area contributed by atoms with Crippen LogP contribution in [-0.2, 0) is 22.1 Å². The standard InChI is InChI=1S/C24H36F3N3O3/c1-5-33-23(32)21(10-16(2)3)30-14-18(20(12-22(30)31)24(25,26)27)7-9-29-8-6-17-11-19(15-29)28(4)13-17/h12,14,16-17,19,21H,5-11,13,15H2,1-4H3. The minimum Gasteiger partial charge on any atom is -0.464 e. The summed E-state index contributed by atoms with van der Waals surface area (Å²) in [7, 11) is 2.11. The Bertz CT molecular complexity index is 884.